The van der Waals surface area contributed by atoms with Gasteiger partial charge in [-0.1, -0.05) is 13.0 Å². The van der Waals surface area contributed by atoms with E-state index in [2.05, 4.69) is 19.9 Å². The van der Waals surface area contributed by atoms with Gasteiger partial charge < -0.3 is 5.11 Å². The summed E-state index contributed by atoms with van der Waals surface area (Å²) in [5, 5.41) is 10.3. The summed E-state index contributed by atoms with van der Waals surface area (Å²) < 4.78 is 0. The van der Waals surface area contributed by atoms with E-state index < -0.39 is 0 Å². The van der Waals surface area contributed by atoms with E-state index in [1.807, 2.05) is 6.92 Å². The van der Waals surface area contributed by atoms with E-state index in [-0.39, 0.29) is 5.78 Å². The molecule has 1 aromatic rings. The van der Waals surface area contributed by atoms with Crippen LogP contribution in [0.3, 0.4) is 0 Å². The fraction of sp³-hybridized carbons (Fsp3) is 0.550. The van der Waals surface area contributed by atoms with Crippen LogP contribution >= 0.6 is 0 Å². The van der Waals surface area contributed by atoms with Crippen LogP contribution in [0.15, 0.2) is 17.4 Å². The molecule has 0 spiro atoms. The van der Waals surface area contributed by atoms with Crippen molar-refractivity contribution >= 4 is 5.78 Å². The highest BCUT2D eigenvalue weighted by Crippen LogP contribution is 2.40. The third-order valence-electron chi connectivity index (χ3n) is 5.58. The molecule has 0 fully saturated rings. The molecule has 1 unspecified atom stereocenters. The number of carbonyl (C=O) groups is 1. The maximum absolute atomic E-state index is 11.9. The van der Waals surface area contributed by atoms with Crippen LogP contribution in [0.4, 0.5) is 0 Å². The highest BCUT2D eigenvalue weighted by molar-refractivity contribution is 5.95. The van der Waals surface area contributed by atoms with Crippen LogP contribution < -0.4 is 0 Å². The summed E-state index contributed by atoms with van der Waals surface area (Å²) in [5.41, 5.74) is 8.02. The zero-order valence-corrected chi connectivity index (χ0v) is 14.0. The number of aliphatic hydroxyl groups excluding tert-OH is 1. The van der Waals surface area contributed by atoms with E-state index in [1.54, 1.807) is 11.1 Å². The average molecular weight is 298 g/mol. The predicted molar refractivity (Wildman–Crippen MR) is 89.5 cm³/mol. The molecular formula is C20H26O2. The van der Waals surface area contributed by atoms with Crippen LogP contribution in [-0.4, -0.2) is 10.9 Å². The Bertz CT molecular complexity index is 652. The van der Waals surface area contributed by atoms with Crippen LogP contribution in [0.1, 0.15) is 72.8 Å². The summed E-state index contributed by atoms with van der Waals surface area (Å²) >= 11 is 0. The smallest absolute Gasteiger partial charge is 0.161 e. The van der Waals surface area contributed by atoms with Gasteiger partial charge in [0.1, 0.15) is 0 Å². The zero-order valence-electron chi connectivity index (χ0n) is 14.0. The normalized spacial score (nSPS) is 21.1. The third kappa shape index (κ3) is 2.49. The topological polar surface area (TPSA) is 37.3 Å². The van der Waals surface area contributed by atoms with E-state index in [0.29, 0.717) is 30.1 Å². The van der Waals surface area contributed by atoms with Gasteiger partial charge in [0, 0.05) is 18.4 Å². The lowest BCUT2D eigenvalue weighted by Crippen LogP contribution is -2.16. The van der Waals surface area contributed by atoms with Gasteiger partial charge in [-0.3, -0.25) is 4.79 Å². The molecule has 22 heavy (non-hydrogen) atoms. The van der Waals surface area contributed by atoms with Gasteiger partial charge >= 0.3 is 0 Å². The van der Waals surface area contributed by atoms with Gasteiger partial charge in [-0.25, -0.2) is 0 Å². The molecule has 0 aliphatic heterocycles. The number of carbonyl (C=O) groups excluding carboxylic acids is 1. The largest absolute Gasteiger partial charge is 0.512 e. The number of Topliss-reactive ketones (excluding diaryl/α,β-unsaturated/α-hetero) is 1. The minimum atomic E-state index is 0.109. The summed E-state index contributed by atoms with van der Waals surface area (Å²) in [7, 11) is 0. The second kappa shape index (κ2) is 5.91. The molecule has 1 N–H and O–H groups in total. The Hall–Kier alpha value is -1.57. The number of rotatable bonds is 3. The monoisotopic (exact) mass is 298 g/mol. The number of fused-ring (bicyclic) bond motifs is 1. The van der Waals surface area contributed by atoms with Crippen molar-refractivity contribution in [2.24, 2.45) is 0 Å². The summed E-state index contributed by atoms with van der Waals surface area (Å²) in [5.74, 6) is 0.802. The van der Waals surface area contributed by atoms with Crippen molar-refractivity contribution in [2.45, 2.75) is 71.6 Å². The van der Waals surface area contributed by atoms with Gasteiger partial charge in [-0.15, -0.1) is 0 Å². The summed E-state index contributed by atoms with van der Waals surface area (Å²) in [4.78, 5) is 11.9. The van der Waals surface area contributed by atoms with Crippen molar-refractivity contribution in [1.29, 1.82) is 0 Å². The molecule has 0 saturated carbocycles. The van der Waals surface area contributed by atoms with E-state index in [4.69, 9.17) is 0 Å². The molecule has 2 nitrogen and oxygen atoms in total. The van der Waals surface area contributed by atoms with Crippen molar-refractivity contribution in [2.75, 3.05) is 0 Å². The minimum absolute atomic E-state index is 0.109. The summed E-state index contributed by atoms with van der Waals surface area (Å²) in [6.45, 7) is 6.33. The number of hydrogen-bond acceptors (Lipinski definition) is 2. The molecule has 0 aromatic heterocycles. The van der Waals surface area contributed by atoms with Crippen LogP contribution in [0.2, 0.25) is 0 Å². The first-order chi connectivity index (χ1) is 10.5. The second-order valence-corrected chi connectivity index (χ2v) is 6.86. The molecular weight excluding hydrogens is 272 g/mol. The van der Waals surface area contributed by atoms with E-state index in [9.17, 15) is 9.90 Å². The molecule has 1 atom stereocenters. The lowest BCUT2D eigenvalue weighted by atomic mass is 9.78. The first-order valence-corrected chi connectivity index (χ1v) is 8.59. The number of ketones is 1. The van der Waals surface area contributed by atoms with Gasteiger partial charge in [0.15, 0.2) is 5.78 Å². The molecule has 2 aliphatic carbocycles. The fourth-order valence-electron chi connectivity index (χ4n) is 4.32. The van der Waals surface area contributed by atoms with E-state index in [0.717, 1.165) is 12.8 Å². The Morgan fingerprint density at radius 1 is 1.23 bits per heavy atom. The lowest BCUT2D eigenvalue weighted by molar-refractivity contribution is -0.115. The fourth-order valence-corrected chi connectivity index (χ4v) is 4.32. The van der Waals surface area contributed by atoms with Crippen molar-refractivity contribution < 1.29 is 9.90 Å². The van der Waals surface area contributed by atoms with E-state index in [1.165, 1.54) is 36.0 Å². The Balaban J connectivity index is 1.93. The van der Waals surface area contributed by atoms with E-state index >= 15 is 0 Å². The highest BCUT2D eigenvalue weighted by Gasteiger charge is 2.28. The lowest BCUT2D eigenvalue weighted by Gasteiger charge is -2.27. The Labute approximate surface area is 133 Å². The quantitative estimate of drug-likeness (QED) is 0.866. The van der Waals surface area contributed by atoms with Gasteiger partial charge in [-0.2, -0.15) is 0 Å². The number of aryl methyl sites for hydroxylation is 1. The molecule has 2 aliphatic rings. The van der Waals surface area contributed by atoms with Crippen LogP contribution in [0.25, 0.3) is 0 Å². The molecule has 0 saturated heterocycles. The minimum Gasteiger partial charge on any atom is -0.512 e. The average Bonchev–Trinajstić information content (AvgIpc) is 3.00. The molecule has 0 bridgehead atoms. The Kier molecular flexibility index (Phi) is 4.12. The van der Waals surface area contributed by atoms with Crippen LogP contribution in [-0.2, 0) is 17.6 Å². The molecule has 3 rings (SSSR count). The summed E-state index contributed by atoms with van der Waals surface area (Å²) in [6, 6.07) is 2.34. The van der Waals surface area contributed by atoms with Crippen molar-refractivity contribution in [3.63, 3.8) is 0 Å². The number of aliphatic hydroxyl groups is 1. The maximum atomic E-state index is 11.9. The summed E-state index contributed by atoms with van der Waals surface area (Å²) in [6.07, 6.45) is 6.49. The van der Waals surface area contributed by atoms with Gasteiger partial charge in [0.05, 0.1) is 5.76 Å². The van der Waals surface area contributed by atoms with Gasteiger partial charge in [-0.05, 0) is 79.7 Å². The van der Waals surface area contributed by atoms with Gasteiger partial charge in [0.2, 0.25) is 0 Å². The molecule has 1 aromatic carbocycles. The second-order valence-electron chi connectivity index (χ2n) is 6.86. The Morgan fingerprint density at radius 3 is 2.64 bits per heavy atom. The number of allylic oxidation sites excluding steroid dienone is 2. The SMILES string of the molecule is CCC(=O)C1=C(O)CC(c2cc(C)c3c(c2C)CCC3)CC1. The zero-order chi connectivity index (χ0) is 15.9. The predicted octanol–water partition coefficient (Wildman–Crippen LogP) is 4.85. The first-order valence-electron chi connectivity index (χ1n) is 8.59. The first kappa shape index (κ1) is 15.3. The van der Waals surface area contributed by atoms with Crippen LogP contribution in [0.5, 0.6) is 0 Å². The third-order valence-corrected chi connectivity index (χ3v) is 5.58. The molecule has 0 amide bonds. The number of hydrogen-bond donors (Lipinski definition) is 1. The molecule has 0 heterocycles. The maximum Gasteiger partial charge on any atom is 0.161 e. The number of benzene rings is 1. The Morgan fingerprint density at radius 2 is 1.95 bits per heavy atom. The van der Waals surface area contributed by atoms with Crippen molar-refractivity contribution in [3.05, 3.63) is 45.2 Å². The molecule has 0 radical (unpaired) electrons. The van der Waals surface area contributed by atoms with Crippen molar-refractivity contribution in [1.82, 2.24) is 0 Å². The standard InChI is InChI=1S/C20H26O2/c1-4-19(21)17-9-8-14(11-20(17)22)18-10-12(2)15-6-5-7-16(15)13(18)3/h10,14,22H,4-9,11H2,1-3H3. The van der Waals surface area contributed by atoms with Crippen molar-refractivity contribution in [3.8, 4) is 0 Å². The molecule has 2 heteroatoms. The molecule has 118 valence electrons. The highest BCUT2D eigenvalue weighted by atomic mass is 16.3. The van der Waals surface area contributed by atoms with Gasteiger partial charge in [0.25, 0.3) is 0 Å². The van der Waals surface area contributed by atoms with Crippen LogP contribution in [0, 0.1) is 13.8 Å².